The first kappa shape index (κ1) is 18.9. The molecule has 0 radical (unpaired) electrons. The molecule has 0 bridgehead atoms. The second-order valence-corrected chi connectivity index (χ2v) is 7.70. The second-order valence-electron chi connectivity index (χ2n) is 6.64. The van der Waals surface area contributed by atoms with E-state index in [9.17, 15) is 14.4 Å². The van der Waals surface area contributed by atoms with Crippen molar-refractivity contribution in [2.45, 2.75) is 26.3 Å². The van der Waals surface area contributed by atoms with Crippen LogP contribution in [0.5, 0.6) is 0 Å². The van der Waals surface area contributed by atoms with Gasteiger partial charge in [-0.25, -0.2) is 0 Å². The van der Waals surface area contributed by atoms with Crippen molar-refractivity contribution in [1.82, 2.24) is 15.1 Å². The molecular formula is C21H18N4O3S. The predicted molar refractivity (Wildman–Crippen MR) is 109 cm³/mol. The molecule has 146 valence electrons. The summed E-state index contributed by atoms with van der Waals surface area (Å²) in [5.74, 6) is -1.16. The van der Waals surface area contributed by atoms with Crippen LogP contribution in [-0.2, 0) is 6.42 Å². The quantitative estimate of drug-likeness (QED) is 0.652. The van der Waals surface area contributed by atoms with Gasteiger partial charge < -0.3 is 0 Å². The molecule has 1 N–H and O–H groups in total. The van der Waals surface area contributed by atoms with Crippen molar-refractivity contribution in [2.24, 2.45) is 0 Å². The lowest BCUT2D eigenvalue weighted by Gasteiger charge is -2.22. The SMILES string of the molecule is CCc1nnc(NC(=O)c2ccc3c(c2)C(=O)N(C(C)c2ccccc2)C3=O)s1. The number of carbonyl (C=O) groups is 3. The van der Waals surface area contributed by atoms with Crippen LogP contribution >= 0.6 is 11.3 Å². The Morgan fingerprint density at radius 3 is 2.48 bits per heavy atom. The van der Waals surface area contributed by atoms with E-state index in [0.29, 0.717) is 10.7 Å². The van der Waals surface area contributed by atoms with Crippen molar-refractivity contribution in [2.75, 3.05) is 5.32 Å². The summed E-state index contributed by atoms with van der Waals surface area (Å²) in [6, 6.07) is 13.5. The van der Waals surface area contributed by atoms with Crippen LogP contribution in [0.3, 0.4) is 0 Å². The molecule has 1 unspecified atom stereocenters. The van der Waals surface area contributed by atoms with Crippen LogP contribution in [0.1, 0.15) is 61.5 Å². The van der Waals surface area contributed by atoms with Gasteiger partial charge in [0.25, 0.3) is 17.7 Å². The molecule has 7 nitrogen and oxygen atoms in total. The molecule has 1 aliphatic heterocycles. The number of nitrogens with one attached hydrogen (secondary N) is 1. The molecule has 29 heavy (non-hydrogen) atoms. The third-order valence-electron chi connectivity index (χ3n) is 4.84. The van der Waals surface area contributed by atoms with E-state index < -0.39 is 17.9 Å². The Labute approximate surface area is 171 Å². The maximum absolute atomic E-state index is 13.0. The maximum atomic E-state index is 13.0. The summed E-state index contributed by atoms with van der Waals surface area (Å²) in [4.78, 5) is 39.6. The van der Waals surface area contributed by atoms with Gasteiger partial charge in [-0.1, -0.05) is 48.6 Å². The van der Waals surface area contributed by atoms with Crippen LogP contribution in [0.15, 0.2) is 48.5 Å². The second kappa shape index (κ2) is 7.56. The molecule has 0 saturated heterocycles. The minimum atomic E-state index is -0.408. The van der Waals surface area contributed by atoms with Gasteiger partial charge in [0, 0.05) is 5.56 Å². The first-order chi connectivity index (χ1) is 14.0. The molecule has 8 heteroatoms. The van der Waals surface area contributed by atoms with E-state index in [1.54, 1.807) is 0 Å². The van der Waals surface area contributed by atoms with Crippen LogP contribution in [0, 0.1) is 0 Å². The zero-order valence-electron chi connectivity index (χ0n) is 15.9. The summed E-state index contributed by atoms with van der Waals surface area (Å²) >= 11 is 1.30. The minimum Gasteiger partial charge on any atom is -0.296 e. The number of anilines is 1. The standard InChI is InChI=1S/C21H18N4O3S/c1-3-17-23-24-21(29-17)22-18(26)14-9-10-15-16(11-14)20(28)25(19(15)27)12(2)13-7-5-4-6-8-13/h4-12H,3H2,1-2H3,(H,22,24,26). The van der Waals surface area contributed by atoms with Crippen molar-refractivity contribution in [3.63, 3.8) is 0 Å². The van der Waals surface area contributed by atoms with E-state index in [1.807, 2.05) is 44.2 Å². The number of rotatable bonds is 5. The van der Waals surface area contributed by atoms with E-state index in [1.165, 1.54) is 34.4 Å². The molecule has 2 aromatic carbocycles. The maximum Gasteiger partial charge on any atom is 0.262 e. The van der Waals surface area contributed by atoms with Gasteiger partial charge in [0.15, 0.2) is 0 Å². The van der Waals surface area contributed by atoms with Gasteiger partial charge in [-0.15, -0.1) is 10.2 Å². The molecule has 0 aliphatic carbocycles. The highest BCUT2D eigenvalue weighted by molar-refractivity contribution is 7.15. The number of hydrogen-bond donors (Lipinski definition) is 1. The monoisotopic (exact) mass is 406 g/mol. The highest BCUT2D eigenvalue weighted by Crippen LogP contribution is 2.32. The molecule has 0 fully saturated rings. The Morgan fingerprint density at radius 1 is 1.07 bits per heavy atom. The third-order valence-corrected chi connectivity index (χ3v) is 5.82. The van der Waals surface area contributed by atoms with Gasteiger partial charge >= 0.3 is 0 Å². The number of imide groups is 1. The average molecular weight is 406 g/mol. The van der Waals surface area contributed by atoms with Crippen molar-refractivity contribution in [1.29, 1.82) is 0 Å². The summed E-state index contributed by atoms with van der Waals surface area (Å²) in [5.41, 5.74) is 1.69. The number of aromatic nitrogens is 2. The van der Waals surface area contributed by atoms with Crippen molar-refractivity contribution in [3.8, 4) is 0 Å². The largest absolute Gasteiger partial charge is 0.296 e. The molecule has 3 aromatic rings. The molecule has 2 heterocycles. The number of fused-ring (bicyclic) bond motifs is 1. The lowest BCUT2D eigenvalue weighted by atomic mass is 10.1. The molecule has 1 aliphatic rings. The summed E-state index contributed by atoms with van der Waals surface area (Å²) in [6.07, 6.45) is 0.735. The van der Waals surface area contributed by atoms with Crippen LogP contribution in [0.4, 0.5) is 5.13 Å². The smallest absolute Gasteiger partial charge is 0.262 e. The Hall–Kier alpha value is -3.39. The van der Waals surface area contributed by atoms with Gasteiger partial charge in [-0.3, -0.25) is 24.6 Å². The van der Waals surface area contributed by atoms with Gasteiger partial charge in [-0.2, -0.15) is 0 Å². The molecule has 3 amide bonds. The molecule has 0 spiro atoms. The van der Waals surface area contributed by atoms with Crippen LogP contribution < -0.4 is 5.32 Å². The number of aryl methyl sites for hydroxylation is 1. The van der Waals surface area contributed by atoms with E-state index in [4.69, 9.17) is 0 Å². The van der Waals surface area contributed by atoms with Crippen LogP contribution in [0.2, 0.25) is 0 Å². The summed E-state index contributed by atoms with van der Waals surface area (Å²) < 4.78 is 0. The molecule has 4 rings (SSSR count). The zero-order chi connectivity index (χ0) is 20.5. The summed E-state index contributed by atoms with van der Waals surface area (Å²) in [5, 5.41) is 11.8. The van der Waals surface area contributed by atoms with Gasteiger partial charge in [0.1, 0.15) is 5.01 Å². The molecular weight excluding hydrogens is 388 g/mol. The van der Waals surface area contributed by atoms with Crippen molar-refractivity contribution < 1.29 is 14.4 Å². The molecule has 1 atom stereocenters. The lowest BCUT2D eigenvalue weighted by molar-refractivity contribution is 0.0595. The fraction of sp³-hybridized carbons (Fsp3) is 0.190. The van der Waals surface area contributed by atoms with Crippen LogP contribution in [0.25, 0.3) is 0 Å². The normalized spacial score (nSPS) is 14.1. The molecule has 1 aromatic heterocycles. The Bertz CT molecular complexity index is 1110. The third kappa shape index (κ3) is 3.42. The first-order valence-corrected chi connectivity index (χ1v) is 10.0. The Morgan fingerprint density at radius 2 is 1.79 bits per heavy atom. The van der Waals surface area contributed by atoms with Crippen molar-refractivity contribution >= 4 is 34.2 Å². The molecule has 0 saturated carbocycles. The first-order valence-electron chi connectivity index (χ1n) is 9.20. The number of hydrogen-bond acceptors (Lipinski definition) is 6. The number of amides is 3. The topological polar surface area (TPSA) is 92.3 Å². The van der Waals surface area contributed by atoms with Crippen molar-refractivity contribution in [3.05, 3.63) is 75.8 Å². The number of carbonyl (C=O) groups excluding carboxylic acids is 3. The highest BCUT2D eigenvalue weighted by atomic mass is 32.1. The number of benzene rings is 2. The highest BCUT2D eigenvalue weighted by Gasteiger charge is 2.39. The van der Waals surface area contributed by atoms with E-state index in [0.717, 1.165) is 17.0 Å². The van der Waals surface area contributed by atoms with E-state index in [-0.39, 0.29) is 17.0 Å². The van der Waals surface area contributed by atoms with Gasteiger partial charge in [0.2, 0.25) is 5.13 Å². The fourth-order valence-corrected chi connectivity index (χ4v) is 3.92. The van der Waals surface area contributed by atoms with Crippen LogP contribution in [-0.4, -0.2) is 32.8 Å². The Balaban J connectivity index is 1.59. The zero-order valence-corrected chi connectivity index (χ0v) is 16.7. The average Bonchev–Trinajstić information content (AvgIpc) is 3.30. The summed E-state index contributed by atoms with van der Waals surface area (Å²) in [6.45, 7) is 3.77. The number of nitrogens with zero attached hydrogens (tertiary/aromatic N) is 3. The Kier molecular flexibility index (Phi) is 4.94. The van der Waals surface area contributed by atoms with E-state index in [2.05, 4.69) is 15.5 Å². The minimum absolute atomic E-state index is 0.233. The summed E-state index contributed by atoms with van der Waals surface area (Å²) in [7, 11) is 0. The fourth-order valence-electron chi connectivity index (χ4n) is 3.25. The van der Waals surface area contributed by atoms with Gasteiger partial charge in [-0.05, 0) is 37.1 Å². The predicted octanol–water partition coefficient (Wildman–Crippen LogP) is 3.71. The van der Waals surface area contributed by atoms with E-state index >= 15 is 0 Å². The lowest BCUT2D eigenvalue weighted by Crippen LogP contribution is -2.32. The van der Waals surface area contributed by atoms with Gasteiger partial charge in [0.05, 0.1) is 17.2 Å².